The van der Waals surface area contributed by atoms with Crippen LogP contribution in [0.4, 0.5) is 10.1 Å². The Kier molecular flexibility index (Phi) is 6.70. The summed E-state index contributed by atoms with van der Waals surface area (Å²) in [5.74, 6) is -0.0312. The number of non-ortho nitro benzene ring substituents is 1. The highest BCUT2D eigenvalue weighted by atomic mass is 32.2. The zero-order valence-corrected chi connectivity index (χ0v) is 18.8. The van der Waals surface area contributed by atoms with Crippen LogP contribution in [0, 0.1) is 15.9 Å². The molecule has 4 rings (SSSR count). The Hall–Kier alpha value is -3.64. The van der Waals surface area contributed by atoms with Crippen molar-refractivity contribution in [2.45, 2.75) is 17.7 Å². The van der Waals surface area contributed by atoms with Crippen LogP contribution in [0.3, 0.4) is 0 Å². The van der Waals surface area contributed by atoms with Gasteiger partial charge in [0.05, 0.1) is 21.6 Å². The number of sulfonamides is 1. The number of rotatable bonds is 7. The molecule has 1 aliphatic heterocycles. The maximum Gasteiger partial charge on any atom is 0.270 e. The van der Waals surface area contributed by atoms with Crippen molar-refractivity contribution in [2.24, 2.45) is 0 Å². The fraction of sp³-hybridized carbons (Fsp3) is 0.273. The quantitative estimate of drug-likeness (QED) is 0.370. The lowest BCUT2D eigenvalue weighted by molar-refractivity contribution is -0.385. The van der Waals surface area contributed by atoms with Gasteiger partial charge in [-0.2, -0.15) is 4.31 Å². The number of carbonyl (C=O) groups is 1. The maximum atomic E-state index is 13.9. The van der Waals surface area contributed by atoms with E-state index < -0.39 is 20.8 Å². The van der Waals surface area contributed by atoms with Crippen molar-refractivity contribution in [3.63, 3.8) is 0 Å². The number of aromatic nitrogens is 1. The van der Waals surface area contributed by atoms with Gasteiger partial charge in [-0.25, -0.2) is 17.8 Å². The highest BCUT2D eigenvalue weighted by Crippen LogP contribution is 2.24. The van der Waals surface area contributed by atoms with E-state index in [2.05, 4.69) is 4.98 Å². The molecule has 10 nitrogen and oxygen atoms in total. The molecular weight excluding hydrogens is 467 g/mol. The second-order valence-corrected chi connectivity index (χ2v) is 9.58. The molecule has 0 atom stereocenters. The highest BCUT2D eigenvalue weighted by Gasteiger charge is 2.31. The van der Waals surface area contributed by atoms with E-state index in [0.29, 0.717) is 5.89 Å². The number of carbonyl (C=O) groups excluding carboxylic acids is 1. The molecule has 2 heterocycles. The zero-order valence-electron chi connectivity index (χ0n) is 18.0. The van der Waals surface area contributed by atoms with E-state index in [1.165, 1.54) is 34.8 Å². The van der Waals surface area contributed by atoms with Gasteiger partial charge in [0.1, 0.15) is 5.82 Å². The fourth-order valence-corrected chi connectivity index (χ4v) is 5.13. The maximum absolute atomic E-state index is 13.9. The Balaban J connectivity index is 1.32. The number of benzene rings is 2. The summed E-state index contributed by atoms with van der Waals surface area (Å²) in [6, 6.07) is 11.0. The van der Waals surface area contributed by atoms with Crippen molar-refractivity contribution in [1.29, 1.82) is 0 Å². The van der Waals surface area contributed by atoms with Gasteiger partial charge in [-0.1, -0.05) is 18.2 Å². The molecule has 0 saturated carbocycles. The average Bonchev–Trinajstić information content (AvgIpc) is 3.32. The van der Waals surface area contributed by atoms with Crippen LogP contribution in [-0.2, 0) is 21.2 Å². The van der Waals surface area contributed by atoms with Crippen molar-refractivity contribution < 1.29 is 26.9 Å². The Morgan fingerprint density at radius 3 is 2.56 bits per heavy atom. The summed E-state index contributed by atoms with van der Waals surface area (Å²) in [6.45, 7) is 0.540. The van der Waals surface area contributed by atoms with Gasteiger partial charge in [0, 0.05) is 51.2 Å². The van der Waals surface area contributed by atoms with Gasteiger partial charge in [-0.3, -0.25) is 14.9 Å². The zero-order chi connectivity index (χ0) is 24.3. The normalized spacial score (nSPS) is 14.8. The monoisotopic (exact) mass is 488 g/mol. The van der Waals surface area contributed by atoms with Crippen LogP contribution in [0.1, 0.15) is 12.3 Å². The molecular formula is C22H21FN4O6S. The molecule has 178 valence electrons. The molecule has 0 unspecified atom stereocenters. The Morgan fingerprint density at radius 2 is 1.85 bits per heavy atom. The van der Waals surface area contributed by atoms with Gasteiger partial charge < -0.3 is 9.32 Å². The minimum atomic E-state index is -3.91. The summed E-state index contributed by atoms with van der Waals surface area (Å²) in [7, 11) is -3.91. The number of hydrogen-bond acceptors (Lipinski definition) is 7. The fourth-order valence-electron chi connectivity index (χ4n) is 3.67. The van der Waals surface area contributed by atoms with Crippen molar-refractivity contribution in [3.8, 4) is 11.3 Å². The number of hydrogen-bond donors (Lipinski definition) is 0. The first-order valence-corrected chi connectivity index (χ1v) is 11.9. The van der Waals surface area contributed by atoms with E-state index in [0.717, 1.165) is 6.07 Å². The molecule has 34 heavy (non-hydrogen) atoms. The molecule has 1 amide bonds. The van der Waals surface area contributed by atoms with Gasteiger partial charge in [-0.05, 0) is 18.2 Å². The molecule has 1 saturated heterocycles. The second-order valence-electron chi connectivity index (χ2n) is 7.64. The van der Waals surface area contributed by atoms with Crippen LogP contribution < -0.4 is 0 Å². The van der Waals surface area contributed by atoms with Crippen LogP contribution in [0.15, 0.2) is 64.0 Å². The van der Waals surface area contributed by atoms with Gasteiger partial charge in [0.2, 0.25) is 15.9 Å². The number of nitro groups is 1. The lowest BCUT2D eigenvalue weighted by Gasteiger charge is -2.34. The molecule has 0 aliphatic carbocycles. The van der Waals surface area contributed by atoms with E-state index in [1.54, 1.807) is 23.1 Å². The SMILES string of the molecule is O=C(CCc1ncc(-c2ccccc2F)o1)N1CCN(S(=O)(=O)c2cccc([N+](=O)[O-])c2)CC1. The van der Waals surface area contributed by atoms with E-state index in [-0.39, 0.29) is 66.8 Å². The lowest BCUT2D eigenvalue weighted by Crippen LogP contribution is -2.50. The Labute approximate surface area is 194 Å². The third-order valence-corrected chi connectivity index (χ3v) is 7.40. The number of halogens is 1. The highest BCUT2D eigenvalue weighted by molar-refractivity contribution is 7.89. The van der Waals surface area contributed by atoms with Crippen LogP contribution in [-0.4, -0.2) is 59.6 Å². The van der Waals surface area contributed by atoms with E-state index in [9.17, 15) is 27.7 Å². The molecule has 0 spiro atoms. The molecule has 3 aromatic rings. The molecule has 1 aromatic heterocycles. The van der Waals surface area contributed by atoms with Gasteiger partial charge in [0.25, 0.3) is 5.69 Å². The number of piperazine rings is 1. The predicted molar refractivity (Wildman–Crippen MR) is 119 cm³/mol. The first-order valence-electron chi connectivity index (χ1n) is 10.5. The average molecular weight is 488 g/mol. The van der Waals surface area contributed by atoms with Gasteiger partial charge in [0.15, 0.2) is 11.7 Å². The molecule has 0 radical (unpaired) electrons. The molecule has 0 N–H and O–H groups in total. The van der Waals surface area contributed by atoms with Gasteiger partial charge in [-0.15, -0.1) is 0 Å². The summed E-state index contributed by atoms with van der Waals surface area (Å²) >= 11 is 0. The third-order valence-electron chi connectivity index (χ3n) is 5.50. The number of nitrogens with zero attached hydrogens (tertiary/aromatic N) is 4. The summed E-state index contributed by atoms with van der Waals surface area (Å²) in [4.78, 5) is 28.4. The summed E-state index contributed by atoms with van der Waals surface area (Å²) in [5, 5.41) is 11.0. The topological polar surface area (TPSA) is 127 Å². The van der Waals surface area contributed by atoms with Crippen LogP contribution in [0.25, 0.3) is 11.3 Å². The molecule has 12 heteroatoms. The van der Waals surface area contributed by atoms with Crippen LogP contribution in [0.2, 0.25) is 0 Å². The number of nitro benzene ring substituents is 1. The molecule has 0 bridgehead atoms. The van der Waals surface area contributed by atoms with Crippen molar-refractivity contribution >= 4 is 21.6 Å². The summed E-state index contributed by atoms with van der Waals surface area (Å²) in [5.41, 5.74) is -0.0201. The smallest absolute Gasteiger partial charge is 0.270 e. The summed E-state index contributed by atoms with van der Waals surface area (Å²) < 4.78 is 46.4. The van der Waals surface area contributed by atoms with Crippen LogP contribution in [0.5, 0.6) is 0 Å². The third kappa shape index (κ3) is 4.97. The summed E-state index contributed by atoms with van der Waals surface area (Å²) in [6.07, 6.45) is 1.74. The van der Waals surface area contributed by atoms with E-state index >= 15 is 0 Å². The first kappa shape index (κ1) is 23.5. The van der Waals surface area contributed by atoms with Crippen molar-refractivity contribution in [3.05, 3.63) is 76.6 Å². The second kappa shape index (κ2) is 9.69. The predicted octanol–water partition coefficient (Wildman–Crippen LogP) is 2.85. The van der Waals surface area contributed by atoms with Crippen molar-refractivity contribution in [1.82, 2.24) is 14.2 Å². The van der Waals surface area contributed by atoms with Crippen molar-refractivity contribution in [2.75, 3.05) is 26.2 Å². The number of amides is 1. The number of aryl methyl sites for hydroxylation is 1. The Bertz CT molecular complexity index is 1320. The molecule has 1 fully saturated rings. The minimum absolute atomic E-state index is 0.0766. The van der Waals surface area contributed by atoms with Gasteiger partial charge >= 0.3 is 0 Å². The van der Waals surface area contributed by atoms with E-state index in [1.807, 2.05) is 0 Å². The largest absolute Gasteiger partial charge is 0.441 e. The molecule has 2 aromatic carbocycles. The minimum Gasteiger partial charge on any atom is -0.441 e. The standard InChI is InChI=1S/C22H21FN4O6S/c23-19-7-2-1-6-18(19)20-15-24-21(33-20)8-9-22(28)25-10-12-26(13-11-25)34(31,32)17-5-3-4-16(14-17)27(29)30/h1-7,14-15H,8-13H2. The number of oxazole rings is 1. The Morgan fingerprint density at radius 1 is 1.12 bits per heavy atom. The first-order chi connectivity index (χ1) is 16.3. The van der Waals surface area contributed by atoms with E-state index in [4.69, 9.17) is 4.42 Å². The van der Waals surface area contributed by atoms with Crippen LogP contribution >= 0.6 is 0 Å². The lowest BCUT2D eigenvalue weighted by atomic mass is 10.2. The molecule has 1 aliphatic rings.